The third-order valence-electron chi connectivity index (χ3n) is 2.89. The summed E-state index contributed by atoms with van der Waals surface area (Å²) in [6.45, 7) is 9.27. The van der Waals surface area contributed by atoms with Gasteiger partial charge in [0.25, 0.3) is 0 Å². The van der Waals surface area contributed by atoms with E-state index in [0.29, 0.717) is 17.7 Å². The SMILES string of the molecule is COc1ccc(CNC(C)C)cc1CS(=O)CC(C)C. The highest BCUT2D eigenvalue weighted by Gasteiger charge is 2.10. The van der Waals surface area contributed by atoms with Crippen LogP contribution in [0.3, 0.4) is 0 Å². The Bertz CT molecular complexity index is 444. The summed E-state index contributed by atoms with van der Waals surface area (Å²) >= 11 is 0. The van der Waals surface area contributed by atoms with Gasteiger partial charge in [0.2, 0.25) is 0 Å². The van der Waals surface area contributed by atoms with E-state index in [-0.39, 0.29) is 0 Å². The fourth-order valence-corrected chi connectivity index (χ4v) is 3.41. The first-order chi connectivity index (χ1) is 9.42. The van der Waals surface area contributed by atoms with Crippen molar-refractivity contribution in [2.75, 3.05) is 12.9 Å². The fraction of sp³-hybridized carbons (Fsp3) is 0.625. The Balaban J connectivity index is 2.80. The van der Waals surface area contributed by atoms with Gasteiger partial charge in [0.05, 0.1) is 12.9 Å². The number of nitrogens with one attached hydrogen (secondary N) is 1. The molecular formula is C16H27NO2S. The lowest BCUT2D eigenvalue weighted by Gasteiger charge is -2.13. The van der Waals surface area contributed by atoms with Crippen molar-refractivity contribution >= 4 is 10.8 Å². The number of hydrogen-bond donors (Lipinski definition) is 1. The molecule has 0 saturated heterocycles. The molecule has 0 spiro atoms. The molecule has 0 heterocycles. The lowest BCUT2D eigenvalue weighted by atomic mass is 10.1. The highest BCUT2D eigenvalue weighted by molar-refractivity contribution is 7.84. The van der Waals surface area contributed by atoms with Crippen LogP contribution >= 0.6 is 0 Å². The Morgan fingerprint density at radius 3 is 2.50 bits per heavy atom. The summed E-state index contributed by atoms with van der Waals surface area (Å²) in [5.41, 5.74) is 2.24. The average molecular weight is 297 g/mol. The van der Waals surface area contributed by atoms with E-state index in [2.05, 4.69) is 45.1 Å². The Kier molecular flexibility index (Phi) is 7.24. The maximum absolute atomic E-state index is 12.1. The van der Waals surface area contributed by atoms with Gasteiger partial charge < -0.3 is 10.1 Å². The van der Waals surface area contributed by atoms with Crippen LogP contribution in [-0.4, -0.2) is 23.1 Å². The second-order valence-corrected chi connectivity index (χ2v) is 7.33. The molecule has 1 rings (SSSR count). The van der Waals surface area contributed by atoms with Gasteiger partial charge in [-0.1, -0.05) is 33.8 Å². The van der Waals surface area contributed by atoms with Crippen LogP contribution in [0.25, 0.3) is 0 Å². The Morgan fingerprint density at radius 1 is 1.25 bits per heavy atom. The van der Waals surface area contributed by atoms with Gasteiger partial charge in [0, 0.05) is 34.7 Å². The molecule has 114 valence electrons. The van der Waals surface area contributed by atoms with E-state index in [1.807, 2.05) is 6.07 Å². The van der Waals surface area contributed by atoms with Crippen LogP contribution in [0.4, 0.5) is 0 Å². The molecule has 3 nitrogen and oxygen atoms in total. The lowest BCUT2D eigenvalue weighted by molar-refractivity contribution is 0.411. The van der Waals surface area contributed by atoms with Gasteiger partial charge in [-0.2, -0.15) is 0 Å². The number of methoxy groups -OCH3 is 1. The van der Waals surface area contributed by atoms with Crippen molar-refractivity contribution in [3.8, 4) is 5.75 Å². The van der Waals surface area contributed by atoms with Crippen LogP contribution in [0.15, 0.2) is 18.2 Å². The van der Waals surface area contributed by atoms with E-state index in [1.54, 1.807) is 7.11 Å². The van der Waals surface area contributed by atoms with Crippen LogP contribution in [0.1, 0.15) is 38.8 Å². The van der Waals surface area contributed by atoms with Crippen molar-refractivity contribution in [3.05, 3.63) is 29.3 Å². The molecule has 1 aromatic carbocycles. The first-order valence-electron chi connectivity index (χ1n) is 7.16. The van der Waals surface area contributed by atoms with Gasteiger partial charge in [-0.3, -0.25) is 4.21 Å². The molecule has 1 aromatic rings. The van der Waals surface area contributed by atoms with E-state index in [4.69, 9.17) is 4.74 Å². The molecular weight excluding hydrogens is 270 g/mol. The molecule has 0 amide bonds. The van der Waals surface area contributed by atoms with Gasteiger partial charge in [0.15, 0.2) is 0 Å². The predicted octanol–water partition coefficient (Wildman–Crippen LogP) is 3.10. The summed E-state index contributed by atoms with van der Waals surface area (Å²) < 4.78 is 17.5. The van der Waals surface area contributed by atoms with Crippen LogP contribution in [0.5, 0.6) is 5.75 Å². The van der Waals surface area contributed by atoms with E-state index in [1.165, 1.54) is 5.56 Å². The summed E-state index contributed by atoms with van der Waals surface area (Å²) in [6.07, 6.45) is 0. The van der Waals surface area contributed by atoms with Crippen molar-refractivity contribution in [1.29, 1.82) is 0 Å². The smallest absolute Gasteiger partial charge is 0.123 e. The maximum atomic E-state index is 12.1. The molecule has 1 atom stereocenters. The quantitative estimate of drug-likeness (QED) is 0.801. The number of hydrogen-bond acceptors (Lipinski definition) is 3. The molecule has 1 unspecified atom stereocenters. The number of benzene rings is 1. The van der Waals surface area contributed by atoms with Gasteiger partial charge in [-0.25, -0.2) is 0 Å². The van der Waals surface area contributed by atoms with Gasteiger partial charge in [-0.15, -0.1) is 0 Å². The monoisotopic (exact) mass is 297 g/mol. The zero-order valence-corrected chi connectivity index (χ0v) is 14.0. The molecule has 0 aliphatic carbocycles. The number of ether oxygens (including phenoxy) is 1. The van der Waals surface area contributed by atoms with Crippen molar-refractivity contribution in [2.24, 2.45) is 5.92 Å². The normalized spacial score (nSPS) is 12.9. The summed E-state index contributed by atoms with van der Waals surface area (Å²) in [4.78, 5) is 0. The topological polar surface area (TPSA) is 38.3 Å². The summed E-state index contributed by atoms with van der Waals surface area (Å²) in [5.74, 6) is 2.58. The first kappa shape index (κ1) is 17.2. The Hall–Kier alpha value is -0.870. The largest absolute Gasteiger partial charge is 0.496 e. The van der Waals surface area contributed by atoms with Crippen molar-refractivity contribution in [3.63, 3.8) is 0 Å². The van der Waals surface area contributed by atoms with E-state index >= 15 is 0 Å². The molecule has 0 aliphatic heterocycles. The third kappa shape index (κ3) is 6.06. The molecule has 0 aromatic heterocycles. The minimum Gasteiger partial charge on any atom is -0.496 e. The fourth-order valence-electron chi connectivity index (χ4n) is 1.98. The minimum atomic E-state index is -0.834. The molecule has 4 heteroatoms. The lowest BCUT2D eigenvalue weighted by Crippen LogP contribution is -2.21. The molecule has 0 fully saturated rings. The number of rotatable bonds is 8. The molecule has 0 bridgehead atoms. The minimum absolute atomic E-state index is 0.451. The second kappa shape index (κ2) is 8.42. The highest BCUT2D eigenvalue weighted by atomic mass is 32.2. The molecule has 0 radical (unpaired) electrons. The summed E-state index contributed by atoms with van der Waals surface area (Å²) in [6, 6.07) is 6.59. The second-order valence-electron chi connectivity index (χ2n) is 5.83. The van der Waals surface area contributed by atoms with E-state index in [9.17, 15) is 4.21 Å². The zero-order chi connectivity index (χ0) is 15.1. The molecule has 0 saturated carbocycles. The Morgan fingerprint density at radius 2 is 1.95 bits per heavy atom. The van der Waals surface area contributed by atoms with E-state index < -0.39 is 10.8 Å². The first-order valence-corrected chi connectivity index (χ1v) is 8.65. The maximum Gasteiger partial charge on any atom is 0.123 e. The van der Waals surface area contributed by atoms with E-state index in [0.717, 1.165) is 23.6 Å². The van der Waals surface area contributed by atoms with Gasteiger partial charge >= 0.3 is 0 Å². The zero-order valence-electron chi connectivity index (χ0n) is 13.2. The standard InChI is InChI=1S/C16H27NO2S/c1-12(2)10-20(18)11-15-8-14(9-17-13(3)4)6-7-16(15)19-5/h6-8,12-13,17H,9-11H2,1-5H3. The van der Waals surface area contributed by atoms with Crippen LogP contribution in [0, 0.1) is 5.92 Å². The summed E-state index contributed by atoms with van der Waals surface area (Å²) in [5, 5.41) is 3.40. The van der Waals surface area contributed by atoms with Crippen LogP contribution in [0.2, 0.25) is 0 Å². The van der Waals surface area contributed by atoms with Gasteiger partial charge in [0.1, 0.15) is 5.75 Å². The van der Waals surface area contributed by atoms with Gasteiger partial charge in [-0.05, 0) is 23.6 Å². The van der Waals surface area contributed by atoms with Crippen molar-refractivity contribution in [1.82, 2.24) is 5.32 Å². The summed E-state index contributed by atoms with van der Waals surface area (Å²) in [7, 11) is 0.829. The average Bonchev–Trinajstić information content (AvgIpc) is 2.35. The highest BCUT2D eigenvalue weighted by Crippen LogP contribution is 2.22. The van der Waals surface area contributed by atoms with Crippen molar-refractivity contribution in [2.45, 2.75) is 46.0 Å². The predicted molar refractivity (Wildman–Crippen MR) is 86.5 cm³/mol. The Labute approximate surface area is 125 Å². The molecule has 20 heavy (non-hydrogen) atoms. The molecule has 1 N–H and O–H groups in total. The van der Waals surface area contributed by atoms with Crippen molar-refractivity contribution < 1.29 is 8.95 Å². The third-order valence-corrected chi connectivity index (χ3v) is 4.57. The molecule has 0 aliphatic rings. The van der Waals surface area contributed by atoms with Crippen LogP contribution < -0.4 is 10.1 Å². The van der Waals surface area contributed by atoms with Crippen LogP contribution in [-0.2, 0) is 23.1 Å².